The molecule has 1 atom stereocenters. The van der Waals surface area contributed by atoms with Gasteiger partial charge in [0.2, 0.25) is 0 Å². The van der Waals surface area contributed by atoms with Gasteiger partial charge in [-0.25, -0.2) is 4.98 Å². The number of carbonyl (C=O) groups is 1. The minimum Gasteiger partial charge on any atom is -0.349 e. The van der Waals surface area contributed by atoms with E-state index in [1.807, 2.05) is 64.3 Å². The van der Waals surface area contributed by atoms with Crippen LogP contribution in [-0.2, 0) is 13.0 Å². The largest absolute Gasteiger partial charge is 0.349 e. The smallest absolute Gasteiger partial charge is 0.273 e. The Labute approximate surface area is 224 Å². The number of carbonyl (C=O) groups excluding carboxylic acids is 1. The monoisotopic (exact) mass is 551 g/mol. The molecular formula is C30H26BrN5O. The maximum atomic E-state index is 14.1. The van der Waals surface area contributed by atoms with E-state index in [2.05, 4.69) is 62.3 Å². The Morgan fingerprint density at radius 2 is 1.65 bits per heavy atom. The fourth-order valence-corrected chi connectivity index (χ4v) is 5.39. The van der Waals surface area contributed by atoms with Crippen LogP contribution in [0.4, 0.5) is 0 Å². The van der Waals surface area contributed by atoms with E-state index in [0.29, 0.717) is 18.8 Å². The molecule has 3 aromatic carbocycles. The van der Waals surface area contributed by atoms with E-state index in [0.717, 1.165) is 51.1 Å². The number of halogens is 1. The SMILES string of the molecule is O=C1c2c(c(-c3ccccc3)nn2Cc2ccccc2)C(c2ccc(Br)cc2)N1CCCc1ncc[nH]1. The molecule has 6 nitrogen and oxygen atoms in total. The summed E-state index contributed by atoms with van der Waals surface area (Å²) in [5.41, 5.74) is 5.71. The maximum absolute atomic E-state index is 14.1. The highest BCUT2D eigenvalue weighted by Gasteiger charge is 2.43. The number of hydrogen-bond donors (Lipinski definition) is 1. The lowest BCUT2D eigenvalue weighted by Crippen LogP contribution is -2.31. The summed E-state index contributed by atoms with van der Waals surface area (Å²) in [4.78, 5) is 23.7. The Morgan fingerprint density at radius 1 is 0.919 bits per heavy atom. The molecule has 184 valence electrons. The number of nitrogens with one attached hydrogen (secondary N) is 1. The number of H-pyrrole nitrogens is 1. The van der Waals surface area contributed by atoms with Gasteiger partial charge in [-0.1, -0.05) is 88.7 Å². The first-order valence-corrected chi connectivity index (χ1v) is 13.2. The van der Waals surface area contributed by atoms with Gasteiger partial charge in [0.1, 0.15) is 11.5 Å². The molecular weight excluding hydrogens is 526 g/mol. The Kier molecular flexibility index (Phi) is 6.45. The van der Waals surface area contributed by atoms with E-state index in [1.165, 1.54) is 0 Å². The molecule has 1 unspecified atom stereocenters. The Bertz CT molecular complexity index is 1500. The number of aromatic amines is 1. The Balaban J connectivity index is 1.46. The van der Waals surface area contributed by atoms with Crippen molar-refractivity contribution in [2.45, 2.75) is 25.4 Å². The summed E-state index contributed by atoms with van der Waals surface area (Å²) in [5.74, 6) is 0.956. The van der Waals surface area contributed by atoms with Gasteiger partial charge in [-0.3, -0.25) is 9.48 Å². The summed E-state index contributed by atoms with van der Waals surface area (Å²) in [6, 6.07) is 28.4. The molecule has 3 heterocycles. The van der Waals surface area contributed by atoms with Crippen LogP contribution in [-0.4, -0.2) is 37.1 Å². The number of imidazole rings is 1. The average Bonchev–Trinajstić information content (AvgIpc) is 3.64. The number of aryl methyl sites for hydroxylation is 1. The molecule has 0 saturated heterocycles. The van der Waals surface area contributed by atoms with Gasteiger partial charge < -0.3 is 9.88 Å². The molecule has 0 saturated carbocycles. The lowest BCUT2D eigenvalue weighted by atomic mass is 9.96. The summed E-state index contributed by atoms with van der Waals surface area (Å²) < 4.78 is 2.90. The normalized spacial score (nSPS) is 14.8. The molecule has 7 heteroatoms. The van der Waals surface area contributed by atoms with Crippen LogP contribution in [0.1, 0.15) is 45.5 Å². The molecule has 2 aromatic heterocycles. The van der Waals surface area contributed by atoms with Gasteiger partial charge in [-0.2, -0.15) is 5.10 Å². The Morgan fingerprint density at radius 3 is 2.35 bits per heavy atom. The summed E-state index contributed by atoms with van der Waals surface area (Å²) in [6.45, 7) is 1.16. The molecule has 0 radical (unpaired) electrons. The molecule has 0 fully saturated rings. The van der Waals surface area contributed by atoms with E-state index in [1.54, 1.807) is 6.20 Å². The summed E-state index contributed by atoms with van der Waals surface area (Å²) >= 11 is 3.56. The van der Waals surface area contributed by atoms with Crippen molar-refractivity contribution in [3.8, 4) is 11.3 Å². The van der Waals surface area contributed by atoms with Crippen molar-refractivity contribution in [1.29, 1.82) is 0 Å². The zero-order valence-electron chi connectivity index (χ0n) is 20.2. The van der Waals surface area contributed by atoms with Gasteiger partial charge in [0.15, 0.2) is 0 Å². The van der Waals surface area contributed by atoms with Crippen molar-refractivity contribution in [3.05, 3.63) is 130 Å². The van der Waals surface area contributed by atoms with Crippen molar-refractivity contribution in [2.75, 3.05) is 6.54 Å². The lowest BCUT2D eigenvalue weighted by molar-refractivity contribution is 0.0736. The minimum atomic E-state index is -0.216. The molecule has 1 aliphatic rings. The highest BCUT2D eigenvalue weighted by molar-refractivity contribution is 9.10. The standard InChI is InChI=1S/C30H26BrN5O/c31-24-15-13-23(14-16-24)28-26-27(22-10-5-2-6-11-22)34-36(20-21-8-3-1-4-9-21)29(26)30(37)35(28)19-7-12-25-32-17-18-33-25/h1-6,8-11,13-18,28H,7,12,19-20H2,(H,32,33). The molecule has 0 aliphatic carbocycles. The van der Waals surface area contributed by atoms with Crippen LogP contribution in [0.5, 0.6) is 0 Å². The molecule has 6 rings (SSSR count). The van der Waals surface area contributed by atoms with Crippen molar-refractivity contribution in [2.24, 2.45) is 0 Å². The second-order valence-corrected chi connectivity index (χ2v) is 10.1. The summed E-state index contributed by atoms with van der Waals surface area (Å²) in [5, 5.41) is 5.04. The molecule has 37 heavy (non-hydrogen) atoms. The number of amides is 1. The van der Waals surface area contributed by atoms with Gasteiger partial charge in [0.25, 0.3) is 5.91 Å². The highest BCUT2D eigenvalue weighted by Crippen LogP contribution is 2.44. The van der Waals surface area contributed by atoms with Crippen LogP contribution in [0.2, 0.25) is 0 Å². The quantitative estimate of drug-likeness (QED) is 0.247. The number of nitrogens with zero attached hydrogens (tertiary/aromatic N) is 4. The van der Waals surface area contributed by atoms with Crippen molar-refractivity contribution >= 4 is 21.8 Å². The average molecular weight is 552 g/mol. The van der Waals surface area contributed by atoms with Gasteiger partial charge in [0.05, 0.1) is 18.3 Å². The number of hydrogen-bond acceptors (Lipinski definition) is 3. The first kappa shape index (κ1) is 23.4. The van der Waals surface area contributed by atoms with E-state index in [-0.39, 0.29) is 11.9 Å². The van der Waals surface area contributed by atoms with E-state index < -0.39 is 0 Å². The predicted octanol–water partition coefficient (Wildman–Crippen LogP) is 6.26. The van der Waals surface area contributed by atoms with Crippen molar-refractivity contribution < 1.29 is 4.79 Å². The second kappa shape index (κ2) is 10.2. The Hall–Kier alpha value is -3.97. The lowest BCUT2D eigenvalue weighted by Gasteiger charge is -2.26. The van der Waals surface area contributed by atoms with E-state index in [9.17, 15) is 4.79 Å². The first-order valence-electron chi connectivity index (χ1n) is 12.4. The number of rotatable bonds is 8. The third kappa shape index (κ3) is 4.62. The number of benzene rings is 3. The fraction of sp³-hybridized carbons (Fsp3) is 0.167. The maximum Gasteiger partial charge on any atom is 0.273 e. The third-order valence-corrected chi connectivity index (χ3v) is 7.34. The molecule has 0 spiro atoms. The molecule has 1 N–H and O–H groups in total. The zero-order chi connectivity index (χ0) is 25.2. The fourth-order valence-electron chi connectivity index (χ4n) is 5.12. The molecule has 1 aliphatic heterocycles. The first-order chi connectivity index (χ1) is 18.2. The van der Waals surface area contributed by atoms with Gasteiger partial charge in [-0.05, 0) is 29.7 Å². The van der Waals surface area contributed by atoms with Crippen LogP contribution in [0.15, 0.2) is 102 Å². The van der Waals surface area contributed by atoms with Crippen molar-refractivity contribution in [1.82, 2.24) is 24.6 Å². The van der Waals surface area contributed by atoms with Crippen LogP contribution in [0.3, 0.4) is 0 Å². The number of fused-ring (bicyclic) bond motifs is 1. The van der Waals surface area contributed by atoms with Crippen LogP contribution in [0, 0.1) is 0 Å². The summed E-state index contributed by atoms with van der Waals surface area (Å²) in [7, 11) is 0. The van der Waals surface area contributed by atoms with Gasteiger partial charge in [-0.15, -0.1) is 0 Å². The zero-order valence-corrected chi connectivity index (χ0v) is 21.8. The van der Waals surface area contributed by atoms with E-state index >= 15 is 0 Å². The number of aromatic nitrogens is 4. The van der Waals surface area contributed by atoms with Crippen LogP contribution < -0.4 is 0 Å². The van der Waals surface area contributed by atoms with Gasteiger partial charge >= 0.3 is 0 Å². The second-order valence-electron chi connectivity index (χ2n) is 9.21. The predicted molar refractivity (Wildman–Crippen MR) is 147 cm³/mol. The van der Waals surface area contributed by atoms with Gasteiger partial charge in [0, 0.05) is 41.0 Å². The highest BCUT2D eigenvalue weighted by atomic mass is 79.9. The van der Waals surface area contributed by atoms with Crippen LogP contribution in [0.25, 0.3) is 11.3 Å². The van der Waals surface area contributed by atoms with E-state index in [4.69, 9.17) is 5.10 Å². The minimum absolute atomic E-state index is 0.0213. The van der Waals surface area contributed by atoms with Crippen molar-refractivity contribution in [3.63, 3.8) is 0 Å². The molecule has 0 bridgehead atoms. The van der Waals surface area contributed by atoms with Crippen LogP contribution >= 0.6 is 15.9 Å². The third-order valence-electron chi connectivity index (χ3n) is 6.81. The molecule has 1 amide bonds. The molecule has 5 aromatic rings. The summed E-state index contributed by atoms with van der Waals surface area (Å²) in [6.07, 6.45) is 5.19. The topological polar surface area (TPSA) is 66.8 Å².